The van der Waals surface area contributed by atoms with Gasteiger partial charge < -0.3 is 16.0 Å². The molecule has 0 unspecified atom stereocenters. The average molecular weight is 547 g/mol. The van der Waals surface area contributed by atoms with E-state index in [1.807, 2.05) is 18.2 Å². The summed E-state index contributed by atoms with van der Waals surface area (Å²) >= 11 is 0. The molecular weight excluding hydrogens is 521 g/mol. The number of aliphatic imine (C=N–C) groups is 1. The Morgan fingerprint density at radius 2 is 1.73 bits per heavy atom. The molecule has 2 aromatic carbocycles. The van der Waals surface area contributed by atoms with Crippen LogP contribution in [0.15, 0.2) is 58.4 Å². The predicted molar refractivity (Wildman–Crippen MR) is 130 cm³/mol. The third-order valence-corrected chi connectivity index (χ3v) is 5.21. The number of hydrogen-bond acceptors (Lipinski definition) is 6. The van der Waals surface area contributed by atoms with Gasteiger partial charge in [-0.1, -0.05) is 30.3 Å². The molecule has 2 rings (SSSR count). The number of benzene rings is 2. The molecule has 0 aliphatic rings. The van der Waals surface area contributed by atoms with Gasteiger partial charge in [0.15, 0.2) is 15.8 Å². The smallest absolute Gasteiger partial charge is 0.293 e. The summed E-state index contributed by atoms with van der Waals surface area (Å²) in [6, 6.07) is 13.9. The molecule has 0 aliphatic heterocycles. The number of guanidine groups is 1. The van der Waals surface area contributed by atoms with Crippen molar-refractivity contribution in [2.24, 2.45) is 4.99 Å². The lowest BCUT2D eigenvalue weighted by Crippen LogP contribution is -2.40. The largest absolute Gasteiger partial charge is 0.378 e. The van der Waals surface area contributed by atoms with Gasteiger partial charge in [0.2, 0.25) is 0 Å². The zero-order chi connectivity index (χ0) is 21.3. The molecule has 0 saturated carbocycles. The molecule has 0 spiro atoms. The van der Waals surface area contributed by atoms with E-state index in [1.54, 1.807) is 7.05 Å². The van der Waals surface area contributed by atoms with Gasteiger partial charge in [-0.25, -0.2) is 8.42 Å². The van der Waals surface area contributed by atoms with Crippen LogP contribution in [0, 0.1) is 10.1 Å². The van der Waals surface area contributed by atoms with Crippen molar-refractivity contribution in [2.75, 3.05) is 38.3 Å². The summed E-state index contributed by atoms with van der Waals surface area (Å²) in [5, 5.41) is 20.5. The van der Waals surface area contributed by atoms with Crippen molar-refractivity contribution in [1.29, 1.82) is 0 Å². The summed E-state index contributed by atoms with van der Waals surface area (Å²) in [6.45, 7) is 1.57. The van der Waals surface area contributed by atoms with Crippen molar-refractivity contribution < 1.29 is 13.3 Å². The first-order valence-corrected chi connectivity index (χ1v) is 10.9. The second-order valence-corrected chi connectivity index (χ2v) is 8.31. The number of halogens is 1. The molecule has 11 heteroatoms. The second-order valence-electron chi connectivity index (χ2n) is 6.30. The van der Waals surface area contributed by atoms with Gasteiger partial charge >= 0.3 is 0 Å². The molecule has 9 nitrogen and oxygen atoms in total. The van der Waals surface area contributed by atoms with E-state index < -0.39 is 14.8 Å². The normalized spacial score (nSPS) is 11.3. The van der Waals surface area contributed by atoms with Crippen LogP contribution in [0.5, 0.6) is 0 Å². The van der Waals surface area contributed by atoms with Gasteiger partial charge in [-0.3, -0.25) is 15.1 Å². The molecule has 0 saturated heterocycles. The lowest BCUT2D eigenvalue weighted by atomic mass is 10.1. The quantitative estimate of drug-likeness (QED) is 0.110. The SMILES string of the molecule is CN=C(NCCNc1ccc(S(C)(=O)=O)cc1[N+](=O)[O-])NCCc1ccccc1.I. The zero-order valence-corrected chi connectivity index (χ0v) is 19.9. The van der Waals surface area contributed by atoms with Gasteiger partial charge in [0, 0.05) is 39.0 Å². The fourth-order valence-corrected chi connectivity index (χ4v) is 3.25. The number of nitrogens with one attached hydrogen (secondary N) is 3. The third-order valence-electron chi connectivity index (χ3n) is 4.10. The van der Waals surface area contributed by atoms with E-state index in [0.717, 1.165) is 25.3 Å². The Balaban J connectivity index is 0.00000450. The fourth-order valence-electron chi connectivity index (χ4n) is 2.61. The summed E-state index contributed by atoms with van der Waals surface area (Å²) in [6.07, 6.45) is 1.87. The number of nitro benzene ring substituents is 1. The van der Waals surface area contributed by atoms with E-state index in [-0.39, 0.29) is 40.2 Å². The Morgan fingerprint density at radius 1 is 1.07 bits per heavy atom. The van der Waals surface area contributed by atoms with E-state index in [1.165, 1.54) is 17.7 Å². The van der Waals surface area contributed by atoms with Gasteiger partial charge in [0.05, 0.1) is 9.82 Å². The Labute approximate surface area is 193 Å². The average Bonchev–Trinajstić information content (AvgIpc) is 2.69. The van der Waals surface area contributed by atoms with Gasteiger partial charge in [-0.05, 0) is 24.1 Å². The molecule has 0 amide bonds. The lowest BCUT2D eigenvalue weighted by molar-refractivity contribution is -0.384. The molecule has 0 heterocycles. The van der Waals surface area contributed by atoms with Crippen LogP contribution in [0.1, 0.15) is 5.56 Å². The summed E-state index contributed by atoms with van der Waals surface area (Å²) in [7, 11) is -1.85. The Bertz CT molecular complexity index is 968. The molecule has 0 radical (unpaired) electrons. The fraction of sp³-hybridized carbons (Fsp3) is 0.316. The minimum absolute atomic E-state index is 0. The van der Waals surface area contributed by atoms with Crippen molar-refractivity contribution in [3.05, 3.63) is 64.2 Å². The maximum atomic E-state index is 11.6. The Kier molecular flexibility index (Phi) is 10.5. The molecule has 164 valence electrons. The molecule has 0 aromatic heterocycles. The number of anilines is 1. The summed E-state index contributed by atoms with van der Waals surface area (Å²) in [5.41, 5.74) is 1.21. The number of nitro groups is 1. The van der Waals surface area contributed by atoms with E-state index in [0.29, 0.717) is 19.0 Å². The highest BCUT2D eigenvalue weighted by Crippen LogP contribution is 2.27. The molecule has 0 aliphatic carbocycles. The first-order chi connectivity index (χ1) is 13.8. The van der Waals surface area contributed by atoms with Gasteiger partial charge in [-0.15, -0.1) is 24.0 Å². The summed E-state index contributed by atoms with van der Waals surface area (Å²) < 4.78 is 23.2. The zero-order valence-electron chi connectivity index (χ0n) is 16.8. The van der Waals surface area contributed by atoms with Crippen molar-refractivity contribution in [3.63, 3.8) is 0 Å². The molecule has 30 heavy (non-hydrogen) atoms. The summed E-state index contributed by atoms with van der Waals surface area (Å²) in [5.74, 6) is 0.629. The molecule has 0 fully saturated rings. The van der Waals surface area contributed by atoms with E-state index in [2.05, 4.69) is 33.1 Å². The Morgan fingerprint density at radius 3 is 2.33 bits per heavy atom. The first-order valence-electron chi connectivity index (χ1n) is 9.02. The van der Waals surface area contributed by atoms with E-state index in [9.17, 15) is 18.5 Å². The van der Waals surface area contributed by atoms with Crippen molar-refractivity contribution in [3.8, 4) is 0 Å². The minimum Gasteiger partial charge on any atom is -0.378 e. The maximum absolute atomic E-state index is 11.6. The molecule has 0 bridgehead atoms. The standard InChI is InChI=1S/C19H25N5O4S.HI/c1-20-19(22-11-10-15-6-4-3-5-7-15)23-13-12-21-17-9-8-16(29(2,27)28)14-18(17)24(25)26;/h3-9,14,21H,10-13H2,1-2H3,(H2,20,22,23);1H. The number of hydrogen-bond donors (Lipinski definition) is 3. The van der Waals surface area contributed by atoms with Gasteiger partial charge in [0.25, 0.3) is 5.69 Å². The highest BCUT2D eigenvalue weighted by Gasteiger charge is 2.18. The van der Waals surface area contributed by atoms with Gasteiger partial charge in [-0.2, -0.15) is 0 Å². The van der Waals surface area contributed by atoms with E-state index >= 15 is 0 Å². The number of nitrogens with zero attached hydrogens (tertiary/aromatic N) is 2. The van der Waals surface area contributed by atoms with Gasteiger partial charge in [0.1, 0.15) is 5.69 Å². The molecule has 3 N–H and O–H groups in total. The summed E-state index contributed by atoms with van der Waals surface area (Å²) in [4.78, 5) is 14.7. The topological polar surface area (TPSA) is 126 Å². The molecule has 0 atom stereocenters. The highest BCUT2D eigenvalue weighted by atomic mass is 127. The van der Waals surface area contributed by atoms with Crippen molar-refractivity contribution >= 4 is 51.1 Å². The van der Waals surface area contributed by atoms with Crippen molar-refractivity contribution in [1.82, 2.24) is 10.6 Å². The van der Waals surface area contributed by atoms with Crippen LogP contribution in [-0.4, -0.2) is 52.2 Å². The monoisotopic (exact) mass is 547 g/mol. The second kappa shape index (κ2) is 12.3. The van der Waals surface area contributed by atoms with Crippen LogP contribution >= 0.6 is 24.0 Å². The van der Waals surface area contributed by atoms with Crippen molar-refractivity contribution in [2.45, 2.75) is 11.3 Å². The molecule has 2 aromatic rings. The number of sulfone groups is 1. The maximum Gasteiger partial charge on any atom is 0.293 e. The third kappa shape index (κ3) is 8.14. The van der Waals surface area contributed by atoms with Crippen LogP contribution in [-0.2, 0) is 16.3 Å². The minimum atomic E-state index is -3.51. The first kappa shape index (κ1) is 25.6. The number of rotatable bonds is 9. The Hall–Kier alpha value is -2.41. The van der Waals surface area contributed by atoms with Crippen LogP contribution in [0.3, 0.4) is 0 Å². The molecular formula is C19H26IN5O4S. The van der Waals surface area contributed by atoms with Crippen LogP contribution < -0.4 is 16.0 Å². The van der Waals surface area contributed by atoms with Crippen LogP contribution in [0.4, 0.5) is 11.4 Å². The van der Waals surface area contributed by atoms with Crippen LogP contribution in [0.25, 0.3) is 0 Å². The predicted octanol–water partition coefficient (Wildman–Crippen LogP) is 2.44. The lowest BCUT2D eigenvalue weighted by Gasteiger charge is -2.13. The van der Waals surface area contributed by atoms with E-state index in [4.69, 9.17) is 0 Å². The van der Waals surface area contributed by atoms with Crippen LogP contribution in [0.2, 0.25) is 0 Å². The highest BCUT2D eigenvalue weighted by molar-refractivity contribution is 14.0.